The number of hydrogen-bond acceptors (Lipinski definition) is 4. The van der Waals surface area contributed by atoms with E-state index in [0.717, 1.165) is 31.5 Å². The highest BCUT2D eigenvalue weighted by molar-refractivity contribution is 5.97. The summed E-state index contributed by atoms with van der Waals surface area (Å²) >= 11 is 0. The number of morpholine rings is 1. The molecule has 7 nitrogen and oxygen atoms in total. The predicted octanol–water partition coefficient (Wildman–Crippen LogP) is 1.08. The van der Waals surface area contributed by atoms with Crippen molar-refractivity contribution < 1.29 is 14.3 Å². The van der Waals surface area contributed by atoms with Crippen LogP contribution in [-0.4, -0.2) is 59.1 Å². The van der Waals surface area contributed by atoms with Crippen molar-refractivity contribution >= 4 is 11.8 Å². The monoisotopic (exact) mass is 334 g/mol. The van der Waals surface area contributed by atoms with E-state index in [2.05, 4.69) is 24.1 Å². The Balaban J connectivity index is 1.86. The van der Waals surface area contributed by atoms with Crippen molar-refractivity contribution in [1.29, 1.82) is 0 Å². The maximum absolute atomic E-state index is 12.8. The molecule has 0 aromatic carbocycles. The van der Waals surface area contributed by atoms with E-state index in [9.17, 15) is 9.59 Å². The van der Waals surface area contributed by atoms with Gasteiger partial charge in [0.05, 0.1) is 18.9 Å². The highest BCUT2D eigenvalue weighted by atomic mass is 16.5. The van der Waals surface area contributed by atoms with Crippen molar-refractivity contribution in [3.8, 4) is 0 Å². The topological polar surface area (TPSA) is 76.5 Å². The van der Waals surface area contributed by atoms with Gasteiger partial charge in [0.25, 0.3) is 11.8 Å². The Morgan fingerprint density at radius 2 is 1.96 bits per heavy atom. The van der Waals surface area contributed by atoms with E-state index in [0.29, 0.717) is 50.3 Å². The number of carbonyl (C=O) groups excluding carboxylic acids is 2. The van der Waals surface area contributed by atoms with Crippen molar-refractivity contribution in [2.75, 3.05) is 32.8 Å². The molecule has 0 bridgehead atoms. The average Bonchev–Trinajstić information content (AvgIpc) is 2.99. The van der Waals surface area contributed by atoms with Crippen LogP contribution in [0.15, 0.2) is 0 Å². The summed E-state index contributed by atoms with van der Waals surface area (Å²) in [5.41, 5.74) is 1.33. The van der Waals surface area contributed by atoms with E-state index in [1.54, 1.807) is 4.90 Å². The molecule has 24 heavy (non-hydrogen) atoms. The number of ether oxygens (including phenoxy) is 1. The maximum atomic E-state index is 12.8. The largest absolute Gasteiger partial charge is 0.378 e. The van der Waals surface area contributed by atoms with Gasteiger partial charge >= 0.3 is 0 Å². The van der Waals surface area contributed by atoms with E-state index < -0.39 is 0 Å². The van der Waals surface area contributed by atoms with Gasteiger partial charge in [-0.05, 0) is 25.2 Å². The third-order valence-electron chi connectivity index (χ3n) is 4.49. The molecular weight excluding hydrogens is 308 g/mol. The van der Waals surface area contributed by atoms with Gasteiger partial charge in [-0.15, -0.1) is 0 Å². The second-order valence-electron chi connectivity index (χ2n) is 6.85. The first-order chi connectivity index (χ1) is 11.6. The number of fused-ring (bicyclic) bond motifs is 1. The van der Waals surface area contributed by atoms with E-state index in [1.165, 1.54) is 0 Å². The minimum atomic E-state index is -0.171. The minimum absolute atomic E-state index is 0.0932. The molecule has 132 valence electrons. The molecule has 0 saturated carbocycles. The van der Waals surface area contributed by atoms with Crippen LogP contribution in [0.2, 0.25) is 0 Å². The van der Waals surface area contributed by atoms with Crippen LogP contribution in [0.25, 0.3) is 0 Å². The molecule has 0 unspecified atom stereocenters. The lowest BCUT2D eigenvalue weighted by Gasteiger charge is -2.27. The summed E-state index contributed by atoms with van der Waals surface area (Å²) in [6.45, 7) is 7.74. The molecule has 7 heteroatoms. The van der Waals surface area contributed by atoms with Gasteiger partial charge in [-0.25, -0.2) is 4.98 Å². The molecule has 2 amide bonds. The van der Waals surface area contributed by atoms with Crippen LogP contribution >= 0.6 is 0 Å². The Morgan fingerprint density at radius 3 is 2.67 bits per heavy atom. The van der Waals surface area contributed by atoms with Gasteiger partial charge in [0.1, 0.15) is 5.69 Å². The van der Waals surface area contributed by atoms with Gasteiger partial charge in [0.2, 0.25) is 0 Å². The molecule has 1 saturated heterocycles. The Hall–Kier alpha value is -1.89. The number of rotatable bonds is 4. The standard InChI is InChI=1S/C17H26N4O3/c1-12(2)11-18-16(22)14-13-5-3-4-6-21(13)15(19-14)17(23)20-7-9-24-10-8-20/h12H,3-11H2,1-2H3,(H,18,22). The third-order valence-corrected chi connectivity index (χ3v) is 4.49. The highest BCUT2D eigenvalue weighted by Gasteiger charge is 2.30. The van der Waals surface area contributed by atoms with Gasteiger partial charge in [-0.1, -0.05) is 13.8 Å². The lowest BCUT2D eigenvalue weighted by atomic mass is 10.1. The SMILES string of the molecule is CC(C)CNC(=O)c1nc(C(=O)N2CCOCC2)n2c1CCCC2. The van der Waals surface area contributed by atoms with E-state index in [1.807, 2.05) is 4.57 Å². The molecule has 0 spiro atoms. The quantitative estimate of drug-likeness (QED) is 0.894. The molecule has 0 aliphatic carbocycles. The second kappa shape index (κ2) is 7.34. The maximum Gasteiger partial charge on any atom is 0.290 e. The first-order valence-corrected chi connectivity index (χ1v) is 8.82. The first-order valence-electron chi connectivity index (χ1n) is 8.82. The number of hydrogen-bond donors (Lipinski definition) is 1. The molecule has 2 aliphatic heterocycles. The summed E-state index contributed by atoms with van der Waals surface area (Å²) < 4.78 is 7.26. The zero-order valence-corrected chi connectivity index (χ0v) is 14.5. The molecule has 0 atom stereocenters. The van der Waals surface area contributed by atoms with Crippen LogP contribution in [0, 0.1) is 5.92 Å². The average molecular weight is 334 g/mol. The minimum Gasteiger partial charge on any atom is -0.378 e. The summed E-state index contributed by atoms with van der Waals surface area (Å²) in [5.74, 6) is 0.517. The Labute approximate surface area is 142 Å². The fourth-order valence-electron chi connectivity index (χ4n) is 3.18. The Morgan fingerprint density at radius 1 is 1.21 bits per heavy atom. The lowest BCUT2D eigenvalue weighted by Crippen LogP contribution is -2.42. The second-order valence-corrected chi connectivity index (χ2v) is 6.85. The van der Waals surface area contributed by atoms with Gasteiger partial charge in [-0.3, -0.25) is 9.59 Å². The number of nitrogens with one attached hydrogen (secondary N) is 1. The summed E-state index contributed by atoms with van der Waals surface area (Å²) in [6, 6.07) is 0. The number of carbonyl (C=O) groups is 2. The summed E-state index contributed by atoms with van der Waals surface area (Å²) in [7, 11) is 0. The van der Waals surface area contributed by atoms with E-state index in [-0.39, 0.29) is 11.8 Å². The molecule has 3 heterocycles. The van der Waals surface area contributed by atoms with Crippen LogP contribution in [-0.2, 0) is 17.7 Å². The molecule has 3 rings (SSSR count). The van der Waals surface area contributed by atoms with Crippen molar-refractivity contribution in [3.05, 3.63) is 17.2 Å². The molecule has 1 fully saturated rings. The Kier molecular flexibility index (Phi) is 5.18. The molecule has 1 N–H and O–H groups in total. The van der Waals surface area contributed by atoms with Gasteiger partial charge in [0.15, 0.2) is 5.82 Å². The summed E-state index contributed by atoms with van der Waals surface area (Å²) in [4.78, 5) is 31.6. The molecule has 1 aromatic rings. The zero-order valence-electron chi connectivity index (χ0n) is 14.5. The van der Waals surface area contributed by atoms with Crippen molar-refractivity contribution in [1.82, 2.24) is 19.8 Å². The zero-order chi connectivity index (χ0) is 17.1. The first kappa shape index (κ1) is 17.0. The van der Waals surface area contributed by atoms with Crippen LogP contribution in [0.5, 0.6) is 0 Å². The third kappa shape index (κ3) is 3.45. The van der Waals surface area contributed by atoms with Crippen LogP contribution in [0.1, 0.15) is 53.5 Å². The number of nitrogens with zero attached hydrogens (tertiary/aromatic N) is 3. The molecule has 0 radical (unpaired) electrons. The molecular formula is C17H26N4O3. The number of aromatic nitrogens is 2. The summed E-state index contributed by atoms with van der Waals surface area (Å²) in [5, 5.41) is 2.92. The van der Waals surface area contributed by atoms with Gasteiger partial charge in [-0.2, -0.15) is 0 Å². The fourth-order valence-corrected chi connectivity index (χ4v) is 3.18. The highest BCUT2D eigenvalue weighted by Crippen LogP contribution is 2.22. The van der Waals surface area contributed by atoms with Gasteiger partial charge < -0.3 is 19.5 Å². The number of amides is 2. The fraction of sp³-hybridized carbons (Fsp3) is 0.706. The van der Waals surface area contributed by atoms with E-state index in [4.69, 9.17) is 4.74 Å². The van der Waals surface area contributed by atoms with Gasteiger partial charge in [0, 0.05) is 26.2 Å². The predicted molar refractivity (Wildman–Crippen MR) is 89.1 cm³/mol. The van der Waals surface area contributed by atoms with E-state index >= 15 is 0 Å². The smallest absolute Gasteiger partial charge is 0.290 e. The Bertz CT molecular complexity index is 618. The van der Waals surface area contributed by atoms with Crippen LogP contribution < -0.4 is 5.32 Å². The summed E-state index contributed by atoms with van der Waals surface area (Å²) in [6.07, 6.45) is 2.84. The molecule has 1 aromatic heterocycles. The van der Waals surface area contributed by atoms with Crippen LogP contribution in [0.4, 0.5) is 0 Å². The van der Waals surface area contributed by atoms with Crippen molar-refractivity contribution in [3.63, 3.8) is 0 Å². The van der Waals surface area contributed by atoms with Crippen LogP contribution in [0.3, 0.4) is 0 Å². The van der Waals surface area contributed by atoms with Crippen molar-refractivity contribution in [2.45, 2.75) is 39.7 Å². The number of imidazole rings is 1. The lowest BCUT2D eigenvalue weighted by molar-refractivity contribution is 0.0291. The molecule has 2 aliphatic rings. The van der Waals surface area contributed by atoms with Crippen molar-refractivity contribution in [2.24, 2.45) is 5.92 Å². The normalized spacial score (nSPS) is 17.7.